The van der Waals surface area contributed by atoms with Crippen molar-refractivity contribution in [2.75, 3.05) is 11.6 Å². The molecule has 0 amide bonds. The lowest BCUT2D eigenvalue weighted by Gasteiger charge is -2.25. The zero-order valence-corrected chi connectivity index (χ0v) is 16.3. The van der Waals surface area contributed by atoms with Gasteiger partial charge < -0.3 is 0 Å². The van der Waals surface area contributed by atoms with Crippen molar-refractivity contribution in [1.82, 2.24) is 18.7 Å². The molecule has 144 valence electrons. The number of fused-ring (bicyclic) bond motifs is 3. The summed E-state index contributed by atoms with van der Waals surface area (Å²) in [6.07, 6.45) is 0. The zero-order chi connectivity index (χ0) is 20.2. The van der Waals surface area contributed by atoms with E-state index in [2.05, 4.69) is 10.1 Å². The van der Waals surface area contributed by atoms with Crippen molar-refractivity contribution in [2.45, 2.75) is 13.5 Å². The van der Waals surface area contributed by atoms with Crippen molar-refractivity contribution in [3.8, 4) is 0 Å². The molecular weight excluding hydrogens is 384 g/mol. The summed E-state index contributed by atoms with van der Waals surface area (Å²) in [4.78, 5) is 41.3. The van der Waals surface area contributed by atoms with Crippen LogP contribution >= 0.6 is 11.6 Å². The number of aromatic nitrogens is 4. The van der Waals surface area contributed by atoms with E-state index in [-0.39, 0.29) is 30.0 Å². The molecule has 0 atom stereocenters. The molecule has 0 saturated heterocycles. The molecule has 1 aliphatic heterocycles. The van der Waals surface area contributed by atoms with E-state index < -0.39 is 11.2 Å². The van der Waals surface area contributed by atoms with Crippen molar-refractivity contribution in [2.24, 2.45) is 19.2 Å². The Morgan fingerprint density at radius 1 is 1.14 bits per heavy atom. The van der Waals surface area contributed by atoms with Crippen LogP contribution in [0.4, 0.5) is 5.95 Å². The number of carbonyl (C=O) groups excluding carboxylic acids is 1. The summed E-state index contributed by atoms with van der Waals surface area (Å²) in [7, 11) is 2.98. The molecule has 1 aromatic carbocycles. The number of rotatable bonds is 3. The third-order valence-corrected chi connectivity index (χ3v) is 4.91. The summed E-state index contributed by atoms with van der Waals surface area (Å²) >= 11 is 5.97. The van der Waals surface area contributed by atoms with E-state index in [1.165, 1.54) is 23.5 Å². The smallest absolute Gasteiger partial charge is 0.298 e. The molecule has 9 nitrogen and oxygen atoms in total. The second-order valence-corrected chi connectivity index (χ2v) is 7.13. The highest BCUT2D eigenvalue weighted by atomic mass is 35.5. The Bertz CT molecular complexity index is 1270. The Labute approximate surface area is 164 Å². The van der Waals surface area contributed by atoms with Gasteiger partial charge in [-0.3, -0.25) is 23.3 Å². The Kier molecular flexibility index (Phi) is 4.19. The molecule has 3 heterocycles. The van der Waals surface area contributed by atoms with E-state index in [1.54, 1.807) is 23.7 Å². The maximum absolute atomic E-state index is 12.8. The van der Waals surface area contributed by atoms with Crippen LogP contribution in [0.25, 0.3) is 11.2 Å². The fourth-order valence-corrected chi connectivity index (χ4v) is 3.39. The van der Waals surface area contributed by atoms with Gasteiger partial charge in [0.05, 0.1) is 12.3 Å². The Morgan fingerprint density at radius 3 is 2.46 bits per heavy atom. The number of ketones is 1. The van der Waals surface area contributed by atoms with Crippen molar-refractivity contribution in [3.05, 3.63) is 55.7 Å². The lowest BCUT2D eigenvalue weighted by molar-refractivity contribution is -0.115. The second-order valence-electron chi connectivity index (χ2n) is 6.69. The fourth-order valence-electron chi connectivity index (χ4n) is 3.26. The van der Waals surface area contributed by atoms with E-state index >= 15 is 0 Å². The van der Waals surface area contributed by atoms with Crippen LogP contribution in [0.3, 0.4) is 0 Å². The minimum absolute atomic E-state index is 0.00528. The number of imidazole rings is 1. The average Bonchev–Trinajstić information content (AvgIpc) is 3.05. The quantitative estimate of drug-likeness (QED) is 0.651. The number of nitrogens with zero attached hydrogens (tertiary/aromatic N) is 6. The van der Waals surface area contributed by atoms with Gasteiger partial charge in [0, 0.05) is 19.1 Å². The highest BCUT2D eigenvalue weighted by Gasteiger charge is 2.28. The first-order valence-corrected chi connectivity index (χ1v) is 8.92. The van der Waals surface area contributed by atoms with Gasteiger partial charge in [0.15, 0.2) is 16.9 Å². The maximum Gasteiger partial charge on any atom is 0.332 e. The van der Waals surface area contributed by atoms with E-state index in [0.717, 1.165) is 10.1 Å². The van der Waals surface area contributed by atoms with E-state index in [4.69, 9.17) is 11.6 Å². The minimum atomic E-state index is -0.468. The topological polar surface area (TPSA) is 94.5 Å². The van der Waals surface area contributed by atoms with Gasteiger partial charge in [0.2, 0.25) is 5.95 Å². The van der Waals surface area contributed by atoms with Crippen LogP contribution in [-0.4, -0.2) is 36.7 Å². The normalized spacial score (nSPS) is 13.6. The van der Waals surface area contributed by atoms with E-state index in [9.17, 15) is 14.4 Å². The van der Waals surface area contributed by atoms with Crippen LogP contribution in [0, 0.1) is 0 Å². The first-order chi connectivity index (χ1) is 13.3. The fraction of sp³-hybridized carbons (Fsp3) is 0.278. The third kappa shape index (κ3) is 2.75. The summed E-state index contributed by atoms with van der Waals surface area (Å²) in [5.41, 5.74) is 1.09. The number of hydrogen-bond donors (Lipinski definition) is 0. The molecule has 0 aliphatic carbocycles. The summed E-state index contributed by atoms with van der Waals surface area (Å²) in [5, 5.41) is 6.62. The molecule has 2 aromatic heterocycles. The third-order valence-electron chi connectivity index (χ3n) is 4.66. The van der Waals surface area contributed by atoms with Gasteiger partial charge in [-0.2, -0.15) is 10.1 Å². The Morgan fingerprint density at radius 2 is 1.82 bits per heavy atom. The predicted octanol–water partition coefficient (Wildman–Crippen LogP) is 0.900. The number of benzene rings is 1. The molecule has 0 spiro atoms. The van der Waals surface area contributed by atoms with Gasteiger partial charge in [-0.1, -0.05) is 23.7 Å². The first-order valence-electron chi connectivity index (χ1n) is 8.54. The first kappa shape index (κ1) is 18.2. The monoisotopic (exact) mass is 400 g/mol. The number of anilines is 1. The number of carbonyl (C=O) groups is 1. The average molecular weight is 401 g/mol. The molecule has 0 unspecified atom stereocenters. The molecule has 4 rings (SSSR count). The Balaban J connectivity index is 1.98. The molecule has 0 bridgehead atoms. The number of Topliss-reactive ketones (excluding diaryl/α,β-unsaturated/α-hetero) is 1. The molecular formula is C18H17ClN6O3. The summed E-state index contributed by atoms with van der Waals surface area (Å²) in [5.74, 6) is 0.239. The minimum Gasteiger partial charge on any atom is -0.298 e. The van der Waals surface area contributed by atoms with Gasteiger partial charge in [-0.15, -0.1) is 0 Å². The molecule has 10 heteroatoms. The Hall–Kier alpha value is -3.20. The van der Waals surface area contributed by atoms with Gasteiger partial charge in [0.1, 0.15) is 6.54 Å². The highest BCUT2D eigenvalue weighted by Crippen LogP contribution is 2.25. The van der Waals surface area contributed by atoms with Crippen LogP contribution in [0.5, 0.6) is 0 Å². The van der Waals surface area contributed by atoms with Gasteiger partial charge in [-0.05, 0) is 24.6 Å². The number of aryl methyl sites for hydroxylation is 1. The van der Waals surface area contributed by atoms with Gasteiger partial charge in [0.25, 0.3) is 5.56 Å². The molecule has 0 N–H and O–H groups in total. The molecule has 28 heavy (non-hydrogen) atoms. The maximum atomic E-state index is 12.8. The molecule has 0 fully saturated rings. The number of hydrazone groups is 1. The van der Waals surface area contributed by atoms with Crippen molar-refractivity contribution >= 4 is 40.2 Å². The van der Waals surface area contributed by atoms with E-state index in [1.807, 2.05) is 12.1 Å². The van der Waals surface area contributed by atoms with Crippen LogP contribution < -0.4 is 16.3 Å². The predicted molar refractivity (Wildman–Crippen MR) is 106 cm³/mol. The lowest BCUT2D eigenvalue weighted by atomic mass is 10.1. The summed E-state index contributed by atoms with van der Waals surface area (Å²) in [6, 6.07) is 7.15. The lowest BCUT2D eigenvalue weighted by Crippen LogP contribution is -2.38. The van der Waals surface area contributed by atoms with Gasteiger partial charge in [-0.25, -0.2) is 9.80 Å². The van der Waals surface area contributed by atoms with Crippen molar-refractivity contribution in [3.63, 3.8) is 0 Å². The van der Waals surface area contributed by atoms with Gasteiger partial charge >= 0.3 is 5.69 Å². The molecule has 1 aliphatic rings. The summed E-state index contributed by atoms with van der Waals surface area (Å²) in [6.45, 7) is 1.72. The second kappa shape index (κ2) is 6.45. The summed E-state index contributed by atoms with van der Waals surface area (Å²) < 4.78 is 4.05. The van der Waals surface area contributed by atoms with Crippen LogP contribution in [0.2, 0.25) is 5.02 Å². The number of hydrogen-bond acceptors (Lipinski definition) is 6. The van der Waals surface area contributed by atoms with Crippen molar-refractivity contribution in [1.29, 1.82) is 0 Å². The molecule has 0 saturated carbocycles. The van der Waals surface area contributed by atoms with E-state index in [0.29, 0.717) is 16.7 Å². The largest absolute Gasteiger partial charge is 0.332 e. The zero-order valence-electron chi connectivity index (χ0n) is 15.5. The molecule has 0 radical (unpaired) electrons. The van der Waals surface area contributed by atoms with Crippen LogP contribution in [0.1, 0.15) is 12.5 Å². The highest BCUT2D eigenvalue weighted by molar-refractivity contribution is 6.30. The molecule has 3 aromatic rings. The standard InChI is InChI=1S/C18H17ClN6O3/c1-10(26)8-25-17-20-15-14(16(27)23(3)18(28)22(15)2)24(17)9-13(21-25)11-4-6-12(19)7-5-11/h4-7H,8-9H2,1-3H3. The van der Waals surface area contributed by atoms with Crippen molar-refractivity contribution < 1.29 is 4.79 Å². The van der Waals surface area contributed by atoms with Crippen LogP contribution in [0.15, 0.2) is 39.0 Å². The SMILES string of the molecule is CC(=O)CN1N=C(c2ccc(Cl)cc2)Cn2c1nc1c2c(=O)n(C)c(=O)n1C. The number of halogens is 1. The van der Waals surface area contributed by atoms with Crippen LogP contribution in [-0.2, 0) is 25.4 Å².